The van der Waals surface area contributed by atoms with Gasteiger partial charge in [-0.05, 0) is 37.3 Å². The summed E-state index contributed by atoms with van der Waals surface area (Å²) in [5, 5.41) is 11.3. The average molecular weight is 372 g/mol. The van der Waals surface area contributed by atoms with Crippen molar-refractivity contribution >= 4 is 27.5 Å². The number of rotatable bonds is 5. The van der Waals surface area contributed by atoms with Gasteiger partial charge in [-0.25, -0.2) is 0 Å². The Kier molecular flexibility index (Phi) is 5.51. The number of aliphatic hydroxyl groups is 1. The Morgan fingerprint density at radius 3 is 2.57 bits per heavy atom. The maximum Gasteiger partial charge on any atom is 0.126 e. The molecule has 1 atom stereocenters. The monoisotopic (exact) mass is 370 g/mol. The highest BCUT2D eigenvalue weighted by Crippen LogP contribution is 2.37. The summed E-state index contributed by atoms with van der Waals surface area (Å²) in [4.78, 5) is 0. The van der Waals surface area contributed by atoms with Crippen LogP contribution in [-0.2, 0) is 0 Å². The molecule has 3 nitrogen and oxygen atoms in total. The predicted molar refractivity (Wildman–Crippen MR) is 87.4 cm³/mol. The minimum atomic E-state index is -0.865. The van der Waals surface area contributed by atoms with Gasteiger partial charge < -0.3 is 14.6 Å². The molecule has 0 radical (unpaired) electrons. The summed E-state index contributed by atoms with van der Waals surface area (Å²) >= 11 is 9.38. The Balaban J connectivity index is 2.48. The molecule has 2 aromatic rings. The molecule has 0 fully saturated rings. The van der Waals surface area contributed by atoms with Crippen LogP contribution in [0.5, 0.6) is 11.5 Å². The van der Waals surface area contributed by atoms with E-state index in [1.54, 1.807) is 25.3 Å². The van der Waals surface area contributed by atoms with E-state index < -0.39 is 6.10 Å². The minimum absolute atomic E-state index is 0.527. The predicted octanol–water partition coefficient (Wildman–Crippen LogP) is 4.59. The first-order valence-electron chi connectivity index (χ1n) is 6.50. The molecular formula is C16H16BrClO3. The summed E-state index contributed by atoms with van der Waals surface area (Å²) in [7, 11) is 1.55. The van der Waals surface area contributed by atoms with Crippen LogP contribution in [0.3, 0.4) is 0 Å². The van der Waals surface area contributed by atoms with Gasteiger partial charge in [0.2, 0.25) is 0 Å². The SMILES string of the molecule is CCOc1ccc(Br)cc1C(O)c1ccc(Cl)cc1OC. The van der Waals surface area contributed by atoms with E-state index >= 15 is 0 Å². The van der Waals surface area contributed by atoms with Gasteiger partial charge in [0.25, 0.3) is 0 Å². The molecule has 5 heteroatoms. The number of benzene rings is 2. The van der Waals surface area contributed by atoms with Crippen LogP contribution < -0.4 is 9.47 Å². The standard InChI is InChI=1S/C16H16BrClO3/c1-3-21-14-7-4-10(17)8-13(14)16(19)12-6-5-11(18)9-15(12)20-2/h4-9,16,19H,3H2,1-2H3. The minimum Gasteiger partial charge on any atom is -0.496 e. The van der Waals surface area contributed by atoms with E-state index in [0.717, 1.165) is 4.47 Å². The van der Waals surface area contributed by atoms with Crippen molar-refractivity contribution in [3.63, 3.8) is 0 Å². The van der Waals surface area contributed by atoms with Gasteiger partial charge in [0.15, 0.2) is 0 Å². The maximum absolute atomic E-state index is 10.7. The highest BCUT2D eigenvalue weighted by molar-refractivity contribution is 9.10. The molecule has 112 valence electrons. The van der Waals surface area contributed by atoms with E-state index in [-0.39, 0.29) is 0 Å². The molecule has 1 unspecified atom stereocenters. The average Bonchev–Trinajstić information content (AvgIpc) is 2.48. The fourth-order valence-corrected chi connectivity index (χ4v) is 2.64. The third-order valence-corrected chi connectivity index (χ3v) is 3.78. The third-order valence-electron chi connectivity index (χ3n) is 3.06. The molecule has 0 amide bonds. The lowest BCUT2D eigenvalue weighted by Gasteiger charge is -2.18. The van der Waals surface area contributed by atoms with Crippen LogP contribution >= 0.6 is 27.5 Å². The lowest BCUT2D eigenvalue weighted by atomic mass is 10.00. The Hall–Kier alpha value is -1.23. The van der Waals surface area contributed by atoms with E-state index in [4.69, 9.17) is 21.1 Å². The molecule has 0 aliphatic heterocycles. The van der Waals surface area contributed by atoms with Crippen LogP contribution in [0.15, 0.2) is 40.9 Å². The third kappa shape index (κ3) is 3.70. The first-order valence-corrected chi connectivity index (χ1v) is 7.67. The molecule has 0 heterocycles. The van der Waals surface area contributed by atoms with Crippen LogP contribution in [0.1, 0.15) is 24.2 Å². The molecule has 2 rings (SSSR count). The molecule has 0 saturated heterocycles. The van der Waals surface area contributed by atoms with Crippen molar-refractivity contribution in [2.75, 3.05) is 13.7 Å². The van der Waals surface area contributed by atoms with Crippen molar-refractivity contribution < 1.29 is 14.6 Å². The number of ether oxygens (including phenoxy) is 2. The zero-order chi connectivity index (χ0) is 15.4. The molecule has 2 aromatic carbocycles. The Labute approximate surface area is 137 Å². The first kappa shape index (κ1) is 16.1. The first-order chi connectivity index (χ1) is 10.1. The topological polar surface area (TPSA) is 38.7 Å². The number of hydrogen-bond acceptors (Lipinski definition) is 3. The number of halogens is 2. The fraction of sp³-hybridized carbons (Fsp3) is 0.250. The van der Waals surface area contributed by atoms with Crippen molar-refractivity contribution in [2.45, 2.75) is 13.0 Å². The van der Waals surface area contributed by atoms with Crippen molar-refractivity contribution in [1.29, 1.82) is 0 Å². The number of aliphatic hydroxyl groups excluding tert-OH is 1. The summed E-state index contributed by atoms with van der Waals surface area (Å²) in [6.45, 7) is 2.43. The molecule has 0 aromatic heterocycles. The summed E-state index contributed by atoms with van der Waals surface area (Å²) in [5.41, 5.74) is 1.31. The van der Waals surface area contributed by atoms with Crippen molar-refractivity contribution in [3.8, 4) is 11.5 Å². The molecular weight excluding hydrogens is 356 g/mol. The summed E-state index contributed by atoms with van der Waals surface area (Å²) in [6.07, 6.45) is -0.865. The van der Waals surface area contributed by atoms with Crippen LogP contribution in [0.2, 0.25) is 5.02 Å². The Bertz CT molecular complexity index is 631. The van der Waals surface area contributed by atoms with Gasteiger partial charge in [-0.15, -0.1) is 0 Å². The zero-order valence-electron chi connectivity index (χ0n) is 11.8. The van der Waals surface area contributed by atoms with E-state index in [1.165, 1.54) is 0 Å². The Morgan fingerprint density at radius 2 is 1.90 bits per heavy atom. The lowest BCUT2D eigenvalue weighted by Crippen LogP contribution is -2.06. The molecule has 0 spiro atoms. The molecule has 0 aliphatic rings. The summed E-state index contributed by atoms with van der Waals surface area (Å²) in [6, 6.07) is 10.7. The van der Waals surface area contributed by atoms with Crippen LogP contribution in [0.25, 0.3) is 0 Å². The normalized spacial score (nSPS) is 12.0. The molecule has 21 heavy (non-hydrogen) atoms. The van der Waals surface area contributed by atoms with E-state index in [1.807, 2.05) is 25.1 Å². The van der Waals surface area contributed by atoms with E-state index in [0.29, 0.717) is 34.3 Å². The van der Waals surface area contributed by atoms with Gasteiger partial charge in [0, 0.05) is 20.6 Å². The second kappa shape index (κ2) is 7.16. The smallest absolute Gasteiger partial charge is 0.126 e. The summed E-state index contributed by atoms with van der Waals surface area (Å²) in [5.74, 6) is 1.18. The molecule has 0 saturated carbocycles. The van der Waals surface area contributed by atoms with Crippen LogP contribution in [0.4, 0.5) is 0 Å². The second-order valence-electron chi connectivity index (χ2n) is 4.40. The van der Waals surface area contributed by atoms with Gasteiger partial charge in [-0.2, -0.15) is 0 Å². The molecule has 0 bridgehead atoms. The van der Waals surface area contributed by atoms with Gasteiger partial charge in [-0.3, -0.25) is 0 Å². The van der Waals surface area contributed by atoms with E-state index in [9.17, 15) is 5.11 Å². The van der Waals surface area contributed by atoms with Crippen molar-refractivity contribution in [2.24, 2.45) is 0 Å². The number of hydrogen-bond donors (Lipinski definition) is 1. The summed E-state index contributed by atoms with van der Waals surface area (Å²) < 4.78 is 11.8. The maximum atomic E-state index is 10.7. The Morgan fingerprint density at radius 1 is 1.14 bits per heavy atom. The highest BCUT2D eigenvalue weighted by Gasteiger charge is 2.20. The van der Waals surface area contributed by atoms with Crippen LogP contribution in [0, 0.1) is 0 Å². The largest absolute Gasteiger partial charge is 0.496 e. The molecule has 0 aliphatic carbocycles. The van der Waals surface area contributed by atoms with Crippen LogP contribution in [-0.4, -0.2) is 18.8 Å². The quantitative estimate of drug-likeness (QED) is 0.835. The zero-order valence-corrected chi connectivity index (χ0v) is 14.1. The number of methoxy groups -OCH3 is 1. The van der Waals surface area contributed by atoms with Gasteiger partial charge in [0.1, 0.15) is 17.6 Å². The second-order valence-corrected chi connectivity index (χ2v) is 5.76. The lowest BCUT2D eigenvalue weighted by molar-refractivity contribution is 0.207. The molecule has 1 N–H and O–H groups in total. The van der Waals surface area contributed by atoms with Gasteiger partial charge in [0.05, 0.1) is 13.7 Å². The van der Waals surface area contributed by atoms with E-state index in [2.05, 4.69) is 15.9 Å². The van der Waals surface area contributed by atoms with Crippen molar-refractivity contribution in [3.05, 3.63) is 57.0 Å². The highest BCUT2D eigenvalue weighted by atomic mass is 79.9. The van der Waals surface area contributed by atoms with Crippen molar-refractivity contribution in [1.82, 2.24) is 0 Å². The van der Waals surface area contributed by atoms with Gasteiger partial charge >= 0.3 is 0 Å². The van der Waals surface area contributed by atoms with Gasteiger partial charge in [-0.1, -0.05) is 33.6 Å². The fourth-order valence-electron chi connectivity index (χ4n) is 2.10.